The predicted molar refractivity (Wildman–Crippen MR) is 90.8 cm³/mol. The Bertz CT molecular complexity index is 576. The minimum Gasteiger partial charge on any atom is -0.446 e. The second-order valence-corrected chi connectivity index (χ2v) is 6.30. The molecule has 1 heterocycles. The van der Waals surface area contributed by atoms with Gasteiger partial charge in [-0.05, 0) is 25.8 Å². The maximum atomic E-state index is 12.2. The van der Waals surface area contributed by atoms with Crippen LogP contribution < -0.4 is 0 Å². The van der Waals surface area contributed by atoms with E-state index in [0.29, 0.717) is 6.54 Å². The third-order valence-corrected chi connectivity index (χ3v) is 4.38. The number of amides is 1. The van der Waals surface area contributed by atoms with Gasteiger partial charge >= 0.3 is 6.09 Å². The average molecular weight is 335 g/mol. The molecule has 1 fully saturated rings. The van der Waals surface area contributed by atoms with Crippen LogP contribution in [0.4, 0.5) is 10.5 Å². The van der Waals surface area contributed by atoms with E-state index >= 15 is 0 Å². The van der Waals surface area contributed by atoms with E-state index in [0.717, 1.165) is 31.6 Å². The molecule has 0 N–H and O–H groups in total. The van der Waals surface area contributed by atoms with Crippen molar-refractivity contribution in [3.63, 3.8) is 0 Å². The van der Waals surface area contributed by atoms with E-state index in [1.807, 2.05) is 20.8 Å². The molecule has 1 aliphatic rings. The fourth-order valence-corrected chi connectivity index (χ4v) is 2.75. The van der Waals surface area contributed by atoms with E-state index in [-0.39, 0.29) is 23.9 Å². The molecule has 1 aliphatic heterocycles. The molecule has 7 nitrogen and oxygen atoms in total. The lowest BCUT2D eigenvalue weighted by molar-refractivity contribution is -0.384. The van der Waals surface area contributed by atoms with Crippen molar-refractivity contribution in [3.05, 3.63) is 39.9 Å². The number of ether oxygens (including phenoxy) is 1. The number of piperazine rings is 1. The maximum absolute atomic E-state index is 12.2. The van der Waals surface area contributed by atoms with Crippen molar-refractivity contribution in [2.45, 2.75) is 45.9 Å². The Kier molecular flexibility index (Phi) is 6.14. The molecule has 2 rings (SSSR count). The first-order valence-electron chi connectivity index (χ1n) is 8.33. The molecule has 1 saturated heterocycles. The Hall–Kier alpha value is -2.15. The first kappa shape index (κ1) is 18.2. The average Bonchev–Trinajstić information content (AvgIpc) is 2.55. The second-order valence-electron chi connectivity index (χ2n) is 6.30. The lowest BCUT2D eigenvalue weighted by Crippen LogP contribution is -2.54. The van der Waals surface area contributed by atoms with Gasteiger partial charge in [0.1, 0.15) is 6.10 Å². The highest BCUT2D eigenvalue weighted by atomic mass is 16.6. The van der Waals surface area contributed by atoms with Crippen molar-refractivity contribution >= 4 is 11.8 Å². The number of benzene rings is 1. The quantitative estimate of drug-likeness (QED) is 0.610. The van der Waals surface area contributed by atoms with Gasteiger partial charge in [0.2, 0.25) is 0 Å². The molecule has 0 aromatic heterocycles. The first-order chi connectivity index (χ1) is 11.4. The SMILES string of the molecule is CCC(C)OC(=O)N1CCN(Cc2ccc([N+](=O)[O-])cc2)C[C@H]1C. The van der Waals surface area contributed by atoms with E-state index in [2.05, 4.69) is 4.90 Å². The minimum absolute atomic E-state index is 0.0668. The summed E-state index contributed by atoms with van der Waals surface area (Å²) in [5.41, 5.74) is 1.13. The Labute approximate surface area is 142 Å². The largest absolute Gasteiger partial charge is 0.446 e. The number of rotatable bonds is 5. The molecule has 0 bridgehead atoms. The van der Waals surface area contributed by atoms with Gasteiger partial charge in [0.15, 0.2) is 0 Å². The Morgan fingerprint density at radius 3 is 2.58 bits per heavy atom. The van der Waals surface area contributed by atoms with E-state index in [1.165, 1.54) is 12.1 Å². The second kappa shape index (κ2) is 8.10. The van der Waals surface area contributed by atoms with Gasteiger partial charge in [-0.25, -0.2) is 4.79 Å². The van der Waals surface area contributed by atoms with Crippen molar-refractivity contribution in [2.75, 3.05) is 19.6 Å². The highest BCUT2D eigenvalue weighted by molar-refractivity contribution is 5.68. The fraction of sp³-hybridized carbons (Fsp3) is 0.588. The fourth-order valence-electron chi connectivity index (χ4n) is 2.75. The summed E-state index contributed by atoms with van der Waals surface area (Å²) in [4.78, 5) is 26.5. The molecule has 1 amide bonds. The van der Waals surface area contributed by atoms with Gasteiger partial charge in [0.25, 0.3) is 5.69 Å². The van der Waals surface area contributed by atoms with Gasteiger partial charge in [0, 0.05) is 44.4 Å². The molecule has 1 aromatic rings. The highest BCUT2D eigenvalue weighted by Gasteiger charge is 2.29. The number of hydrogen-bond donors (Lipinski definition) is 0. The molecule has 24 heavy (non-hydrogen) atoms. The van der Waals surface area contributed by atoms with Crippen LogP contribution in [0.2, 0.25) is 0 Å². The molecule has 0 aliphatic carbocycles. The van der Waals surface area contributed by atoms with Gasteiger partial charge in [-0.15, -0.1) is 0 Å². The van der Waals surface area contributed by atoms with E-state index < -0.39 is 4.92 Å². The predicted octanol–water partition coefficient (Wildman–Crippen LogP) is 3.04. The van der Waals surface area contributed by atoms with Crippen LogP contribution in [0.15, 0.2) is 24.3 Å². The van der Waals surface area contributed by atoms with Crippen LogP contribution in [0.5, 0.6) is 0 Å². The lowest BCUT2D eigenvalue weighted by Gasteiger charge is -2.39. The van der Waals surface area contributed by atoms with Crippen LogP contribution in [0.1, 0.15) is 32.8 Å². The maximum Gasteiger partial charge on any atom is 0.410 e. The van der Waals surface area contributed by atoms with Crippen LogP contribution >= 0.6 is 0 Å². The summed E-state index contributed by atoms with van der Waals surface area (Å²) in [6.45, 7) is 8.76. The van der Waals surface area contributed by atoms with Gasteiger partial charge < -0.3 is 9.64 Å². The van der Waals surface area contributed by atoms with Crippen LogP contribution in [-0.4, -0.2) is 52.6 Å². The summed E-state index contributed by atoms with van der Waals surface area (Å²) < 4.78 is 5.40. The summed E-state index contributed by atoms with van der Waals surface area (Å²) in [6, 6.07) is 6.70. The number of nitro groups is 1. The summed E-state index contributed by atoms with van der Waals surface area (Å²) >= 11 is 0. The molecular formula is C17H25N3O4. The van der Waals surface area contributed by atoms with Crippen LogP contribution in [0.25, 0.3) is 0 Å². The third kappa shape index (κ3) is 4.67. The monoisotopic (exact) mass is 335 g/mol. The molecular weight excluding hydrogens is 310 g/mol. The normalized spacial score (nSPS) is 19.8. The molecule has 1 aromatic carbocycles. The Morgan fingerprint density at radius 1 is 1.38 bits per heavy atom. The van der Waals surface area contributed by atoms with Gasteiger partial charge in [-0.1, -0.05) is 19.1 Å². The smallest absolute Gasteiger partial charge is 0.410 e. The minimum atomic E-state index is -0.395. The number of carbonyl (C=O) groups excluding carboxylic acids is 1. The van der Waals surface area contributed by atoms with Crippen molar-refractivity contribution in [3.8, 4) is 0 Å². The molecule has 1 unspecified atom stereocenters. The lowest BCUT2D eigenvalue weighted by atomic mass is 10.1. The van der Waals surface area contributed by atoms with Crippen molar-refractivity contribution in [2.24, 2.45) is 0 Å². The third-order valence-electron chi connectivity index (χ3n) is 4.38. The zero-order valence-electron chi connectivity index (χ0n) is 14.5. The summed E-state index contributed by atoms with van der Waals surface area (Å²) in [5, 5.41) is 10.7. The zero-order chi connectivity index (χ0) is 17.7. The van der Waals surface area contributed by atoms with Gasteiger partial charge in [0.05, 0.1) is 4.92 Å². The van der Waals surface area contributed by atoms with Crippen molar-refractivity contribution < 1.29 is 14.5 Å². The molecule has 0 saturated carbocycles. The first-order valence-corrected chi connectivity index (χ1v) is 8.33. The molecule has 132 valence electrons. The standard InChI is InChI=1S/C17H25N3O4/c1-4-14(3)24-17(21)19-10-9-18(11-13(19)2)12-15-5-7-16(8-6-15)20(22)23/h5-8,13-14H,4,9-12H2,1-3H3/t13-,14?/m1/s1. The van der Waals surface area contributed by atoms with Crippen LogP contribution in [0.3, 0.4) is 0 Å². The number of hydrogen-bond acceptors (Lipinski definition) is 5. The molecule has 0 radical (unpaired) electrons. The zero-order valence-corrected chi connectivity index (χ0v) is 14.5. The van der Waals surface area contributed by atoms with Crippen LogP contribution in [0, 0.1) is 10.1 Å². The highest BCUT2D eigenvalue weighted by Crippen LogP contribution is 2.17. The number of carbonyl (C=O) groups is 1. The topological polar surface area (TPSA) is 75.9 Å². The molecule has 7 heteroatoms. The van der Waals surface area contributed by atoms with Crippen molar-refractivity contribution in [1.29, 1.82) is 0 Å². The van der Waals surface area contributed by atoms with Gasteiger partial charge in [-0.2, -0.15) is 0 Å². The van der Waals surface area contributed by atoms with Gasteiger partial charge in [-0.3, -0.25) is 15.0 Å². The molecule has 0 spiro atoms. The number of non-ortho nitro benzene ring substituents is 1. The summed E-state index contributed by atoms with van der Waals surface area (Å²) in [7, 11) is 0. The summed E-state index contributed by atoms with van der Waals surface area (Å²) in [5.74, 6) is 0. The summed E-state index contributed by atoms with van der Waals surface area (Å²) in [6.07, 6.45) is 0.495. The van der Waals surface area contributed by atoms with E-state index in [4.69, 9.17) is 4.74 Å². The Balaban J connectivity index is 1.88. The molecule has 2 atom stereocenters. The van der Waals surface area contributed by atoms with E-state index in [9.17, 15) is 14.9 Å². The van der Waals surface area contributed by atoms with E-state index in [1.54, 1.807) is 17.0 Å². The van der Waals surface area contributed by atoms with Crippen LogP contribution in [-0.2, 0) is 11.3 Å². The Morgan fingerprint density at radius 2 is 2.04 bits per heavy atom. The van der Waals surface area contributed by atoms with Crippen molar-refractivity contribution in [1.82, 2.24) is 9.80 Å². The number of nitro benzene ring substituents is 1. The number of nitrogens with zero attached hydrogens (tertiary/aromatic N) is 3.